The van der Waals surface area contributed by atoms with Crippen LogP contribution in [0.2, 0.25) is 5.02 Å². The Bertz CT molecular complexity index is 528. The summed E-state index contributed by atoms with van der Waals surface area (Å²) in [6.45, 7) is 0. The van der Waals surface area contributed by atoms with Crippen LogP contribution in [0.3, 0.4) is 0 Å². The van der Waals surface area contributed by atoms with Gasteiger partial charge in [0.25, 0.3) is 0 Å². The van der Waals surface area contributed by atoms with Crippen LogP contribution in [-0.2, 0) is 11.8 Å². The van der Waals surface area contributed by atoms with Crippen molar-refractivity contribution >= 4 is 52.7 Å². The predicted octanol–water partition coefficient (Wildman–Crippen LogP) is 3.10. The van der Waals surface area contributed by atoms with Crippen molar-refractivity contribution in [3.8, 4) is 0 Å². The molecule has 0 fully saturated rings. The summed E-state index contributed by atoms with van der Waals surface area (Å²) in [5, 5.41) is 2.21. The third-order valence-corrected chi connectivity index (χ3v) is 5.80. The lowest BCUT2D eigenvalue weighted by Gasteiger charge is -2.15. The van der Waals surface area contributed by atoms with E-state index in [2.05, 4.69) is 0 Å². The van der Waals surface area contributed by atoms with Crippen molar-refractivity contribution < 1.29 is 4.89 Å². The highest BCUT2D eigenvalue weighted by Crippen LogP contribution is 2.38. The van der Waals surface area contributed by atoms with Crippen LogP contribution in [0.15, 0.2) is 54.6 Å². The first-order chi connectivity index (χ1) is 7.60. The Morgan fingerprint density at radius 2 is 1.35 bits per heavy atom. The third-order valence-electron chi connectivity index (χ3n) is 2.28. The second-order valence-electron chi connectivity index (χ2n) is 3.39. The van der Waals surface area contributed by atoms with Gasteiger partial charge in [-0.25, -0.2) is 0 Å². The molecule has 0 radical (unpaired) electrons. The van der Waals surface area contributed by atoms with Gasteiger partial charge in [0, 0.05) is 15.6 Å². The molecule has 0 aliphatic heterocycles. The summed E-state index contributed by atoms with van der Waals surface area (Å²) in [6, 6.07) is 16.4. The zero-order valence-electron chi connectivity index (χ0n) is 8.79. The van der Waals surface area contributed by atoms with Crippen molar-refractivity contribution in [2.24, 2.45) is 0 Å². The lowest BCUT2D eigenvalue weighted by Crippen LogP contribution is -2.14. The molecule has 2 aromatic carbocycles. The topological polar surface area (TPSA) is 20.2 Å². The van der Waals surface area contributed by atoms with E-state index in [0.29, 0.717) is 5.02 Å². The molecule has 1 N–H and O–H groups in total. The second kappa shape index (κ2) is 5.99. The van der Waals surface area contributed by atoms with Gasteiger partial charge in [-0.15, -0.1) is 12.4 Å². The van der Waals surface area contributed by atoms with Gasteiger partial charge >= 0.3 is 0 Å². The molecule has 0 amide bonds. The fraction of sp³-hybridized carbons (Fsp3) is 0. The maximum atomic E-state index is 10.4. The van der Waals surface area contributed by atoms with E-state index >= 15 is 0 Å². The molecule has 2 rings (SSSR count). The lowest BCUT2D eigenvalue weighted by molar-refractivity contribution is 0.642. The van der Waals surface area contributed by atoms with Crippen LogP contribution in [0, 0.1) is 0 Å². The Labute approximate surface area is 117 Å². The van der Waals surface area contributed by atoms with Gasteiger partial charge in [-0.05, 0) is 24.3 Å². The summed E-state index contributed by atoms with van der Waals surface area (Å²) in [5.41, 5.74) is 0. The second-order valence-corrected chi connectivity index (χ2v) is 7.59. The van der Waals surface area contributed by atoms with Gasteiger partial charge in [0.05, 0.1) is 0 Å². The standard InChI is InChI=1S/C12H10ClOPS.ClH/c13-10-6-8-12(9-7-10)15(14,16)11-4-2-1-3-5-11;/h1-9H,(H,14,16);1H. The maximum absolute atomic E-state index is 10.4. The Morgan fingerprint density at radius 1 is 0.882 bits per heavy atom. The van der Waals surface area contributed by atoms with Gasteiger partial charge in [-0.3, -0.25) is 0 Å². The van der Waals surface area contributed by atoms with Crippen molar-refractivity contribution in [1.29, 1.82) is 0 Å². The van der Waals surface area contributed by atoms with Crippen LogP contribution in [0.1, 0.15) is 0 Å². The largest absolute Gasteiger partial charge is 0.358 e. The van der Waals surface area contributed by atoms with Gasteiger partial charge < -0.3 is 4.89 Å². The van der Waals surface area contributed by atoms with E-state index in [1.807, 2.05) is 30.3 Å². The fourth-order valence-corrected chi connectivity index (χ4v) is 3.71. The van der Waals surface area contributed by atoms with Crippen molar-refractivity contribution in [2.75, 3.05) is 0 Å². The van der Waals surface area contributed by atoms with E-state index in [1.165, 1.54) is 0 Å². The highest BCUT2D eigenvalue weighted by molar-refractivity contribution is 8.19. The van der Waals surface area contributed by atoms with Gasteiger partial charge in [0.2, 0.25) is 0 Å². The average molecular weight is 305 g/mol. The van der Waals surface area contributed by atoms with Crippen LogP contribution in [0.25, 0.3) is 0 Å². The number of benzene rings is 2. The molecule has 0 aliphatic rings. The molecule has 0 spiro atoms. The minimum Gasteiger partial charge on any atom is -0.358 e. The van der Waals surface area contributed by atoms with Crippen molar-refractivity contribution in [3.63, 3.8) is 0 Å². The SMILES string of the molecule is Cl.OP(=S)(c1ccccc1)c1ccc(Cl)cc1. The molecule has 90 valence electrons. The van der Waals surface area contributed by atoms with Crippen molar-refractivity contribution in [3.05, 3.63) is 59.6 Å². The van der Waals surface area contributed by atoms with Crippen molar-refractivity contribution in [2.45, 2.75) is 0 Å². The normalized spacial score (nSPS) is 13.5. The van der Waals surface area contributed by atoms with Crippen LogP contribution >= 0.6 is 30.3 Å². The van der Waals surface area contributed by atoms with Gasteiger partial charge in [-0.1, -0.05) is 53.7 Å². The molecule has 0 saturated carbocycles. The number of rotatable bonds is 2. The van der Waals surface area contributed by atoms with Gasteiger partial charge in [0.15, 0.2) is 0 Å². The Morgan fingerprint density at radius 3 is 1.88 bits per heavy atom. The number of hydrogen-bond donors (Lipinski definition) is 1. The molecular weight excluding hydrogens is 294 g/mol. The van der Waals surface area contributed by atoms with Crippen LogP contribution < -0.4 is 10.6 Å². The van der Waals surface area contributed by atoms with E-state index in [1.54, 1.807) is 24.3 Å². The molecule has 1 nitrogen and oxygen atoms in total. The summed E-state index contributed by atoms with van der Waals surface area (Å²) in [7, 11) is 0. The average Bonchev–Trinajstić information content (AvgIpc) is 2.31. The summed E-state index contributed by atoms with van der Waals surface area (Å²) in [5.74, 6) is 0. The molecule has 1 atom stereocenters. The minimum absolute atomic E-state index is 0. The molecule has 1 unspecified atom stereocenters. The lowest BCUT2D eigenvalue weighted by atomic mass is 10.4. The Balaban J connectivity index is 0.00000144. The summed E-state index contributed by atoms with van der Waals surface area (Å²) in [4.78, 5) is 10.4. The molecule has 2 aromatic rings. The predicted molar refractivity (Wildman–Crippen MR) is 80.9 cm³/mol. The molecule has 0 saturated heterocycles. The van der Waals surface area contributed by atoms with E-state index in [-0.39, 0.29) is 12.4 Å². The molecule has 5 heteroatoms. The smallest absolute Gasteiger partial charge is 0.120 e. The highest BCUT2D eigenvalue weighted by Gasteiger charge is 2.17. The molecule has 17 heavy (non-hydrogen) atoms. The molecule has 0 heterocycles. The first-order valence-electron chi connectivity index (χ1n) is 4.75. The van der Waals surface area contributed by atoms with E-state index < -0.39 is 6.26 Å². The maximum Gasteiger partial charge on any atom is 0.120 e. The van der Waals surface area contributed by atoms with Gasteiger partial charge in [-0.2, -0.15) is 0 Å². The first-order valence-corrected chi connectivity index (χ1v) is 7.88. The van der Waals surface area contributed by atoms with E-state index in [4.69, 9.17) is 23.4 Å². The fourth-order valence-electron chi connectivity index (χ4n) is 1.42. The Hall–Kier alpha value is -0.370. The zero-order chi connectivity index (χ0) is 11.6. The van der Waals surface area contributed by atoms with Gasteiger partial charge in [0.1, 0.15) is 6.26 Å². The summed E-state index contributed by atoms with van der Waals surface area (Å²) >= 11 is 11.1. The van der Waals surface area contributed by atoms with E-state index in [9.17, 15) is 4.89 Å². The minimum atomic E-state index is -2.64. The third kappa shape index (κ3) is 3.31. The van der Waals surface area contributed by atoms with Crippen molar-refractivity contribution in [1.82, 2.24) is 0 Å². The first kappa shape index (κ1) is 14.7. The summed E-state index contributed by atoms with van der Waals surface area (Å²) in [6.07, 6.45) is -2.64. The monoisotopic (exact) mass is 304 g/mol. The van der Waals surface area contributed by atoms with Crippen LogP contribution in [0.4, 0.5) is 0 Å². The number of halogens is 2. The zero-order valence-corrected chi connectivity index (χ0v) is 12.1. The van der Waals surface area contributed by atoms with Crippen LogP contribution in [-0.4, -0.2) is 4.89 Å². The van der Waals surface area contributed by atoms with Crippen LogP contribution in [0.5, 0.6) is 0 Å². The van der Waals surface area contributed by atoms with E-state index in [0.717, 1.165) is 10.6 Å². The molecular formula is C12H11Cl2OPS. The Kier molecular flexibility index (Phi) is 5.18. The number of hydrogen-bond acceptors (Lipinski definition) is 1. The quantitative estimate of drug-likeness (QED) is 0.860. The highest BCUT2D eigenvalue weighted by atomic mass is 35.5. The molecule has 0 aromatic heterocycles. The molecule has 0 bridgehead atoms. The summed E-state index contributed by atoms with van der Waals surface area (Å²) < 4.78 is 0. The molecule has 0 aliphatic carbocycles.